The highest BCUT2D eigenvalue weighted by Gasteiger charge is 2.25. The second-order valence-electron chi connectivity index (χ2n) is 6.66. The number of rotatable bonds is 7. The quantitative estimate of drug-likeness (QED) is 0.603. The Labute approximate surface area is 166 Å². The molecule has 3 aromatic rings. The summed E-state index contributed by atoms with van der Waals surface area (Å²) in [5, 5.41) is 3.12. The molecule has 1 amide bonds. The predicted molar refractivity (Wildman–Crippen MR) is 104 cm³/mol. The molecule has 0 unspecified atom stereocenters. The van der Waals surface area contributed by atoms with Crippen molar-refractivity contribution in [3.8, 4) is 5.95 Å². The summed E-state index contributed by atoms with van der Waals surface area (Å²) in [5.41, 5.74) is 2.55. The summed E-state index contributed by atoms with van der Waals surface area (Å²) in [6.45, 7) is 1.22. The Morgan fingerprint density at radius 2 is 2.14 bits per heavy atom. The van der Waals surface area contributed by atoms with Gasteiger partial charge in [0.2, 0.25) is 5.95 Å². The van der Waals surface area contributed by atoms with Crippen molar-refractivity contribution in [2.24, 2.45) is 0 Å². The molecule has 1 fully saturated rings. The van der Waals surface area contributed by atoms with Crippen molar-refractivity contribution < 1.29 is 14.3 Å². The Bertz CT molecular complexity index is 921. The molecule has 148 valence electrons. The summed E-state index contributed by atoms with van der Waals surface area (Å²) in [4.78, 5) is 30.1. The van der Waals surface area contributed by atoms with Crippen LogP contribution in [0.25, 0.3) is 16.3 Å². The van der Waals surface area contributed by atoms with Crippen LogP contribution in [0.1, 0.15) is 36.2 Å². The number of carbonyl (C=O) groups excluding carboxylic acids is 1. The van der Waals surface area contributed by atoms with Crippen LogP contribution in [-0.2, 0) is 9.47 Å². The highest BCUT2D eigenvalue weighted by molar-refractivity contribution is 7.17. The average Bonchev–Trinajstić information content (AvgIpc) is 3.40. The fourth-order valence-electron chi connectivity index (χ4n) is 3.32. The van der Waals surface area contributed by atoms with Gasteiger partial charge >= 0.3 is 0 Å². The third-order valence-electron chi connectivity index (χ3n) is 4.78. The minimum absolute atomic E-state index is 0.115. The van der Waals surface area contributed by atoms with Crippen molar-refractivity contribution in [3.63, 3.8) is 0 Å². The number of hydrogen-bond donors (Lipinski definition) is 1. The maximum absolute atomic E-state index is 12.9. The molecule has 1 N–H and O–H groups in total. The molecule has 3 heterocycles. The van der Waals surface area contributed by atoms with E-state index < -0.39 is 0 Å². The van der Waals surface area contributed by atoms with Gasteiger partial charge in [-0.1, -0.05) is 0 Å². The van der Waals surface area contributed by atoms with E-state index in [1.165, 1.54) is 11.3 Å². The summed E-state index contributed by atoms with van der Waals surface area (Å²) in [5.74, 6) is 0.193. The zero-order valence-electron chi connectivity index (χ0n) is 15.6. The molecule has 0 aromatic carbocycles. The third kappa shape index (κ3) is 4.18. The lowest BCUT2D eigenvalue weighted by Crippen LogP contribution is -2.39. The maximum Gasteiger partial charge on any atom is 0.271 e. The van der Waals surface area contributed by atoms with Crippen molar-refractivity contribution in [2.45, 2.75) is 37.8 Å². The van der Waals surface area contributed by atoms with Crippen LogP contribution < -0.4 is 5.32 Å². The normalized spacial score (nSPS) is 19.8. The molecule has 3 aromatic heterocycles. The molecular formula is C18H22N6O3S. The second kappa shape index (κ2) is 8.72. The van der Waals surface area contributed by atoms with Gasteiger partial charge in [-0.3, -0.25) is 9.36 Å². The molecule has 1 aliphatic carbocycles. The van der Waals surface area contributed by atoms with Crippen LogP contribution in [0.2, 0.25) is 0 Å². The number of amides is 1. The Kier molecular flexibility index (Phi) is 5.89. The van der Waals surface area contributed by atoms with Crippen molar-refractivity contribution in [1.29, 1.82) is 0 Å². The van der Waals surface area contributed by atoms with E-state index >= 15 is 0 Å². The molecule has 10 heteroatoms. The number of carbonyl (C=O) groups is 1. The number of fused-ring (bicyclic) bond motifs is 1. The van der Waals surface area contributed by atoms with Gasteiger partial charge in [-0.05, 0) is 25.7 Å². The Morgan fingerprint density at radius 3 is 2.89 bits per heavy atom. The van der Waals surface area contributed by atoms with E-state index in [4.69, 9.17) is 9.47 Å². The van der Waals surface area contributed by atoms with Gasteiger partial charge in [-0.15, -0.1) is 11.3 Å². The lowest BCUT2D eigenvalue weighted by atomic mass is 9.93. The Morgan fingerprint density at radius 1 is 1.29 bits per heavy atom. The van der Waals surface area contributed by atoms with E-state index in [-0.39, 0.29) is 18.1 Å². The Hall–Kier alpha value is -2.43. The van der Waals surface area contributed by atoms with Crippen molar-refractivity contribution in [1.82, 2.24) is 29.8 Å². The largest absolute Gasteiger partial charge is 0.382 e. The van der Waals surface area contributed by atoms with Gasteiger partial charge in [-0.25, -0.2) is 15.0 Å². The maximum atomic E-state index is 12.9. The summed E-state index contributed by atoms with van der Waals surface area (Å²) in [6.07, 6.45) is 8.83. The van der Waals surface area contributed by atoms with Gasteiger partial charge in [0.25, 0.3) is 5.91 Å². The van der Waals surface area contributed by atoms with Crippen molar-refractivity contribution in [2.75, 3.05) is 20.3 Å². The molecule has 0 bridgehead atoms. The van der Waals surface area contributed by atoms with Crippen LogP contribution in [0.15, 0.2) is 24.2 Å². The van der Waals surface area contributed by atoms with Gasteiger partial charge in [0.05, 0.1) is 24.8 Å². The smallest absolute Gasteiger partial charge is 0.271 e. The van der Waals surface area contributed by atoms with Crippen LogP contribution in [-0.4, -0.2) is 62.9 Å². The van der Waals surface area contributed by atoms with Crippen molar-refractivity contribution >= 4 is 27.6 Å². The molecule has 1 saturated carbocycles. The van der Waals surface area contributed by atoms with Gasteiger partial charge in [-0.2, -0.15) is 4.98 Å². The summed E-state index contributed by atoms with van der Waals surface area (Å²) >= 11 is 1.37. The Balaban J connectivity index is 1.44. The topological polar surface area (TPSA) is 104 Å². The molecule has 0 spiro atoms. The summed E-state index contributed by atoms with van der Waals surface area (Å²) < 4.78 is 13.2. The number of hydrogen-bond acceptors (Lipinski definition) is 8. The molecule has 9 nitrogen and oxygen atoms in total. The first kappa shape index (κ1) is 18.9. The zero-order valence-corrected chi connectivity index (χ0v) is 16.4. The average molecular weight is 402 g/mol. The van der Waals surface area contributed by atoms with Crippen LogP contribution in [0, 0.1) is 0 Å². The van der Waals surface area contributed by atoms with Crippen LogP contribution in [0.4, 0.5) is 0 Å². The highest BCUT2D eigenvalue weighted by atomic mass is 32.1. The molecule has 0 saturated heterocycles. The number of imidazole rings is 1. The van der Waals surface area contributed by atoms with E-state index in [9.17, 15) is 4.79 Å². The SMILES string of the molecule is COCCOC1CCC(NC(=O)c2nc(-n3ccnc3)nc3ncsc23)CC1. The number of nitrogens with one attached hydrogen (secondary N) is 1. The van der Waals surface area contributed by atoms with E-state index in [1.807, 2.05) is 0 Å². The highest BCUT2D eigenvalue weighted by Crippen LogP contribution is 2.24. The zero-order chi connectivity index (χ0) is 19.3. The number of aromatic nitrogens is 5. The van der Waals surface area contributed by atoms with Gasteiger partial charge in [0.15, 0.2) is 11.3 Å². The van der Waals surface area contributed by atoms with Gasteiger partial charge in [0.1, 0.15) is 11.0 Å². The van der Waals surface area contributed by atoms with Crippen LogP contribution in [0.5, 0.6) is 0 Å². The van der Waals surface area contributed by atoms with E-state index in [0.717, 1.165) is 25.7 Å². The molecule has 28 heavy (non-hydrogen) atoms. The van der Waals surface area contributed by atoms with Crippen LogP contribution >= 0.6 is 11.3 Å². The standard InChI is InChI=1S/C18H22N6O3S/c1-26-8-9-27-13-4-2-12(3-5-13)21-17(25)14-15-16(20-11-28-15)23-18(22-14)24-7-6-19-10-24/h6-7,10-13H,2-5,8-9H2,1H3,(H,21,25). The lowest BCUT2D eigenvalue weighted by Gasteiger charge is -2.29. The molecule has 1 aliphatic rings. The number of ether oxygens (including phenoxy) is 2. The van der Waals surface area contributed by atoms with E-state index in [2.05, 4.69) is 25.3 Å². The summed E-state index contributed by atoms with van der Waals surface area (Å²) in [6, 6.07) is 0.115. The molecular weight excluding hydrogens is 380 g/mol. The first-order valence-corrected chi connectivity index (χ1v) is 10.1. The molecule has 0 aliphatic heterocycles. The predicted octanol–water partition coefficient (Wildman–Crippen LogP) is 1.98. The minimum Gasteiger partial charge on any atom is -0.382 e. The first-order chi connectivity index (χ1) is 13.7. The molecule has 0 radical (unpaired) electrons. The van der Waals surface area contributed by atoms with Gasteiger partial charge in [0, 0.05) is 25.5 Å². The van der Waals surface area contributed by atoms with E-state index in [0.29, 0.717) is 35.2 Å². The lowest BCUT2D eigenvalue weighted by molar-refractivity contribution is -0.00408. The summed E-state index contributed by atoms with van der Waals surface area (Å²) in [7, 11) is 1.67. The fraction of sp³-hybridized carbons (Fsp3) is 0.500. The fourth-order valence-corrected chi connectivity index (χ4v) is 4.04. The first-order valence-electron chi connectivity index (χ1n) is 9.25. The minimum atomic E-state index is -0.193. The van der Waals surface area contributed by atoms with Crippen molar-refractivity contribution in [3.05, 3.63) is 29.9 Å². The van der Waals surface area contributed by atoms with Crippen LogP contribution in [0.3, 0.4) is 0 Å². The van der Waals surface area contributed by atoms with Gasteiger partial charge < -0.3 is 14.8 Å². The van der Waals surface area contributed by atoms with E-state index in [1.54, 1.807) is 35.9 Å². The number of nitrogens with zero attached hydrogens (tertiary/aromatic N) is 5. The molecule has 0 atom stereocenters. The number of thiazole rings is 1. The second-order valence-corrected chi connectivity index (χ2v) is 7.51. The third-order valence-corrected chi connectivity index (χ3v) is 5.60. The monoisotopic (exact) mass is 402 g/mol. The molecule has 4 rings (SSSR count). The number of methoxy groups -OCH3 is 1.